The maximum Gasteiger partial charge on any atom is 0.251 e. The number of sulfonamides is 1. The van der Waals surface area contributed by atoms with E-state index in [0.717, 1.165) is 5.01 Å². The number of rotatable bonds is 5. The van der Waals surface area contributed by atoms with Gasteiger partial charge in [-0.3, -0.25) is 0 Å². The quantitative estimate of drug-likeness (QED) is 0.843. The first-order valence-corrected chi connectivity index (χ1v) is 8.10. The van der Waals surface area contributed by atoms with Crippen LogP contribution < -0.4 is 4.72 Å². The van der Waals surface area contributed by atoms with Crippen molar-refractivity contribution in [3.63, 3.8) is 0 Å². The molecule has 16 heavy (non-hydrogen) atoms. The Bertz CT molecular complexity index is 442. The molecule has 1 rings (SSSR count). The SMILES string of the molecule is Cc1ncc(S(=O)(=O)NCC(Br)C(C)C)s1. The van der Waals surface area contributed by atoms with Crippen LogP contribution in [0.4, 0.5) is 0 Å². The fourth-order valence-corrected chi connectivity index (χ4v) is 3.55. The number of hydrogen-bond acceptors (Lipinski definition) is 4. The molecule has 1 unspecified atom stereocenters. The number of nitrogens with one attached hydrogen (secondary N) is 1. The van der Waals surface area contributed by atoms with Crippen molar-refractivity contribution < 1.29 is 8.42 Å². The standard InChI is InChI=1S/C9H15BrN2O2S2/c1-6(2)8(10)4-12-16(13,14)9-5-11-7(3)15-9/h5-6,8,12H,4H2,1-3H3. The molecule has 0 amide bonds. The van der Waals surface area contributed by atoms with Crippen molar-refractivity contribution in [2.75, 3.05) is 6.54 Å². The summed E-state index contributed by atoms with van der Waals surface area (Å²) in [5.74, 6) is 0.380. The molecule has 1 N–H and O–H groups in total. The Morgan fingerprint density at radius 3 is 2.62 bits per heavy atom. The second-order valence-corrected chi connectivity index (χ2v) is 8.21. The summed E-state index contributed by atoms with van der Waals surface area (Å²) in [5, 5.41) is 0.750. The highest BCUT2D eigenvalue weighted by molar-refractivity contribution is 9.09. The van der Waals surface area contributed by atoms with Gasteiger partial charge in [0, 0.05) is 11.4 Å². The Balaban J connectivity index is 2.67. The summed E-state index contributed by atoms with van der Waals surface area (Å²) >= 11 is 4.61. The fraction of sp³-hybridized carbons (Fsp3) is 0.667. The van der Waals surface area contributed by atoms with Gasteiger partial charge in [-0.1, -0.05) is 29.8 Å². The monoisotopic (exact) mass is 326 g/mol. The zero-order valence-corrected chi connectivity index (χ0v) is 12.6. The Kier molecular flexibility index (Phi) is 4.90. The number of nitrogens with zero attached hydrogens (tertiary/aromatic N) is 1. The first-order valence-electron chi connectivity index (χ1n) is 4.89. The first-order chi connectivity index (χ1) is 7.33. The maximum absolute atomic E-state index is 11.8. The summed E-state index contributed by atoms with van der Waals surface area (Å²) in [6.45, 7) is 6.23. The van der Waals surface area contributed by atoms with Gasteiger partial charge in [-0.15, -0.1) is 11.3 Å². The van der Waals surface area contributed by atoms with E-state index in [1.807, 2.05) is 13.8 Å². The zero-order chi connectivity index (χ0) is 12.3. The summed E-state index contributed by atoms with van der Waals surface area (Å²) in [6.07, 6.45) is 1.39. The molecule has 0 saturated heterocycles. The molecule has 0 saturated carbocycles. The topological polar surface area (TPSA) is 59.1 Å². The van der Waals surface area contributed by atoms with E-state index < -0.39 is 10.0 Å². The largest absolute Gasteiger partial charge is 0.251 e. The Labute approximate surface area is 109 Å². The Morgan fingerprint density at radius 2 is 2.19 bits per heavy atom. The minimum Gasteiger partial charge on any atom is -0.249 e. The summed E-state index contributed by atoms with van der Waals surface area (Å²) < 4.78 is 26.5. The highest BCUT2D eigenvalue weighted by Gasteiger charge is 2.19. The van der Waals surface area contributed by atoms with Crippen LogP contribution in [-0.2, 0) is 10.0 Å². The lowest BCUT2D eigenvalue weighted by molar-refractivity contribution is 0.564. The molecule has 0 aromatic carbocycles. The smallest absolute Gasteiger partial charge is 0.249 e. The molecule has 0 spiro atoms. The van der Waals surface area contributed by atoms with Crippen LogP contribution in [0.5, 0.6) is 0 Å². The van der Waals surface area contributed by atoms with E-state index >= 15 is 0 Å². The summed E-state index contributed by atoms with van der Waals surface area (Å²) in [5.41, 5.74) is 0. The molecule has 0 aliphatic heterocycles. The van der Waals surface area contributed by atoms with Crippen LogP contribution in [0, 0.1) is 12.8 Å². The summed E-state index contributed by atoms with van der Waals surface area (Å²) in [6, 6.07) is 0. The van der Waals surface area contributed by atoms with Gasteiger partial charge < -0.3 is 0 Å². The van der Waals surface area contributed by atoms with Crippen LogP contribution in [0.1, 0.15) is 18.9 Å². The molecule has 4 nitrogen and oxygen atoms in total. The van der Waals surface area contributed by atoms with Gasteiger partial charge in [0.2, 0.25) is 0 Å². The first kappa shape index (κ1) is 14.1. The van der Waals surface area contributed by atoms with Gasteiger partial charge in [-0.2, -0.15) is 0 Å². The molecule has 0 fully saturated rings. The number of aryl methyl sites for hydroxylation is 1. The lowest BCUT2D eigenvalue weighted by Crippen LogP contribution is -2.31. The summed E-state index contributed by atoms with van der Waals surface area (Å²) in [7, 11) is -3.39. The molecule has 1 heterocycles. The summed E-state index contributed by atoms with van der Waals surface area (Å²) in [4.78, 5) is 4.07. The van der Waals surface area contributed by atoms with E-state index in [0.29, 0.717) is 12.5 Å². The highest BCUT2D eigenvalue weighted by atomic mass is 79.9. The second kappa shape index (κ2) is 5.57. The van der Waals surface area contributed by atoms with Crippen LogP contribution in [0.15, 0.2) is 10.4 Å². The van der Waals surface area contributed by atoms with Crippen LogP contribution in [0.25, 0.3) is 0 Å². The third-order valence-corrected chi connectivity index (χ3v) is 6.24. The lowest BCUT2D eigenvalue weighted by atomic mass is 10.1. The number of halogens is 1. The normalized spacial score (nSPS) is 14.3. The second-order valence-electron chi connectivity index (χ2n) is 3.81. The van der Waals surface area contributed by atoms with Crippen LogP contribution >= 0.6 is 27.3 Å². The van der Waals surface area contributed by atoms with Crippen LogP contribution in [-0.4, -0.2) is 24.8 Å². The average molecular weight is 327 g/mol. The van der Waals surface area contributed by atoms with E-state index in [4.69, 9.17) is 0 Å². The van der Waals surface area contributed by atoms with Gasteiger partial charge in [-0.05, 0) is 12.8 Å². The molecule has 0 aliphatic rings. The Hall–Kier alpha value is 0.0200. The van der Waals surface area contributed by atoms with Crippen molar-refractivity contribution in [2.45, 2.75) is 29.8 Å². The average Bonchev–Trinajstić information content (AvgIpc) is 2.61. The number of aromatic nitrogens is 1. The van der Waals surface area contributed by atoms with E-state index in [2.05, 4.69) is 25.6 Å². The minimum absolute atomic E-state index is 0.135. The zero-order valence-electron chi connectivity index (χ0n) is 9.40. The van der Waals surface area contributed by atoms with Crippen molar-refractivity contribution in [1.29, 1.82) is 0 Å². The van der Waals surface area contributed by atoms with Crippen LogP contribution in [0.3, 0.4) is 0 Å². The molecule has 1 atom stereocenters. The van der Waals surface area contributed by atoms with Crippen molar-refractivity contribution in [1.82, 2.24) is 9.71 Å². The molecule has 0 radical (unpaired) electrons. The minimum atomic E-state index is -3.39. The van der Waals surface area contributed by atoms with E-state index in [1.54, 1.807) is 6.92 Å². The molecule has 92 valence electrons. The molecule has 1 aromatic heterocycles. The molecule has 0 aliphatic carbocycles. The number of hydrogen-bond donors (Lipinski definition) is 1. The Morgan fingerprint density at radius 1 is 1.56 bits per heavy atom. The van der Waals surface area contributed by atoms with Crippen molar-refractivity contribution in [2.24, 2.45) is 5.92 Å². The van der Waals surface area contributed by atoms with Crippen LogP contribution in [0.2, 0.25) is 0 Å². The number of alkyl halides is 1. The predicted octanol–water partition coefficient (Wildman–Crippen LogP) is 2.15. The van der Waals surface area contributed by atoms with Gasteiger partial charge in [0.25, 0.3) is 10.0 Å². The van der Waals surface area contributed by atoms with Crippen molar-refractivity contribution >= 4 is 37.3 Å². The maximum atomic E-state index is 11.8. The van der Waals surface area contributed by atoms with Gasteiger partial charge in [0.15, 0.2) is 4.21 Å². The fourth-order valence-electron chi connectivity index (χ4n) is 0.962. The van der Waals surface area contributed by atoms with E-state index in [1.165, 1.54) is 17.5 Å². The number of thiazole rings is 1. The third-order valence-electron chi connectivity index (χ3n) is 2.06. The lowest BCUT2D eigenvalue weighted by Gasteiger charge is -2.13. The molecule has 0 bridgehead atoms. The molecule has 1 aromatic rings. The molecular formula is C9H15BrN2O2S2. The molecule has 7 heteroatoms. The van der Waals surface area contributed by atoms with Gasteiger partial charge in [0.05, 0.1) is 11.2 Å². The van der Waals surface area contributed by atoms with Crippen molar-refractivity contribution in [3.8, 4) is 0 Å². The van der Waals surface area contributed by atoms with Gasteiger partial charge in [-0.25, -0.2) is 18.1 Å². The molecular weight excluding hydrogens is 312 g/mol. The van der Waals surface area contributed by atoms with E-state index in [-0.39, 0.29) is 9.04 Å². The third kappa shape index (κ3) is 3.80. The highest BCUT2D eigenvalue weighted by Crippen LogP contribution is 2.18. The van der Waals surface area contributed by atoms with E-state index in [9.17, 15) is 8.42 Å². The van der Waals surface area contributed by atoms with Crippen molar-refractivity contribution in [3.05, 3.63) is 11.2 Å². The van der Waals surface area contributed by atoms with Gasteiger partial charge >= 0.3 is 0 Å². The predicted molar refractivity (Wildman–Crippen MR) is 69.6 cm³/mol. The van der Waals surface area contributed by atoms with Gasteiger partial charge in [0.1, 0.15) is 0 Å².